The summed E-state index contributed by atoms with van der Waals surface area (Å²) in [5.74, 6) is 0.363. The summed E-state index contributed by atoms with van der Waals surface area (Å²) in [6.07, 6.45) is 0. The van der Waals surface area contributed by atoms with Crippen LogP contribution in [-0.2, 0) is 5.75 Å². The summed E-state index contributed by atoms with van der Waals surface area (Å²) >= 11 is 13.2. The van der Waals surface area contributed by atoms with Gasteiger partial charge in [-0.2, -0.15) is 0 Å². The van der Waals surface area contributed by atoms with E-state index in [-0.39, 0.29) is 5.69 Å². The Kier molecular flexibility index (Phi) is 4.75. The first kappa shape index (κ1) is 15.0. The molecule has 0 saturated heterocycles. The molecule has 0 saturated carbocycles. The summed E-state index contributed by atoms with van der Waals surface area (Å²) in [5.41, 5.74) is 6.88. The molecule has 104 valence electrons. The van der Waals surface area contributed by atoms with Crippen molar-refractivity contribution in [1.82, 2.24) is 0 Å². The van der Waals surface area contributed by atoms with Gasteiger partial charge in [0.15, 0.2) is 0 Å². The van der Waals surface area contributed by atoms with Crippen LogP contribution >= 0.6 is 35.0 Å². The molecule has 0 fully saturated rings. The van der Waals surface area contributed by atoms with Crippen LogP contribution in [0.15, 0.2) is 41.3 Å². The van der Waals surface area contributed by atoms with Crippen LogP contribution in [0.4, 0.5) is 11.4 Å². The predicted molar refractivity (Wildman–Crippen MR) is 83.5 cm³/mol. The Balaban J connectivity index is 2.25. The number of anilines is 1. The van der Waals surface area contributed by atoms with E-state index in [1.54, 1.807) is 30.3 Å². The zero-order valence-electron chi connectivity index (χ0n) is 10.2. The van der Waals surface area contributed by atoms with E-state index >= 15 is 0 Å². The van der Waals surface area contributed by atoms with Crippen molar-refractivity contribution in [2.45, 2.75) is 10.6 Å². The van der Waals surface area contributed by atoms with E-state index in [0.717, 1.165) is 4.90 Å². The minimum absolute atomic E-state index is 0.0116. The van der Waals surface area contributed by atoms with Crippen molar-refractivity contribution in [3.63, 3.8) is 0 Å². The molecule has 0 aliphatic heterocycles. The van der Waals surface area contributed by atoms with E-state index < -0.39 is 4.92 Å². The van der Waals surface area contributed by atoms with Crippen molar-refractivity contribution >= 4 is 46.3 Å². The van der Waals surface area contributed by atoms with Gasteiger partial charge in [0, 0.05) is 27.4 Å². The topological polar surface area (TPSA) is 69.2 Å². The van der Waals surface area contributed by atoms with Gasteiger partial charge in [0.2, 0.25) is 0 Å². The molecule has 4 nitrogen and oxygen atoms in total. The van der Waals surface area contributed by atoms with Crippen LogP contribution in [-0.4, -0.2) is 4.92 Å². The van der Waals surface area contributed by atoms with Gasteiger partial charge in [0.25, 0.3) is 5.69 Å². The summed E-state index contributed by atoms with van der Waals surface area (Å²) in [5, 5.41) is 11.9. The summed E-state index contributed by atoms with van der Waals surface area (Å²) < 4.78 is 0. The first-order valence-electron chi connectivity index (χ1n) is 5.58. The fourth-order valence-electron chi connectivity index (χ4n) is 1.66. The average molecular weight is 329 g/mol. The highest BCUT2D eigenvalue weighted by Crippen LogP contribution is 2.35. The van der Waals surface area contributed by atoms with Crippen molar-refractivity contribution in [2.75, 3.05) is 5.73 Å². The molecule has 2 N–H and O–H groups in total. The van der Waals surface area contributed by atoms with Gasteiger partial charge in [0.1, 0.15) is 0 Å². The summed E-state index contributed by atoms with van der Waals surface area (Å²) in [7, 11) is 0. The van der Waals surface area contributed by atoms with Crippen molar-refractivity contribution in [3.05, 3.63) is 62.1 Å². The van der Waals surface area contributed by atoms with Gasteiger partial charge >= 0.3 is 0 Å². The maximum atomic E-state index is 11.0. The number of nitrogens with two attached hydrogens (primary N) is 1. The second kappa shape index (κ2) is 6.35. The van der Waals surface area contributed by atoms with Gasteiger partial charge < -0.3 is 5.73 Å². The van der Waals surface area contributed by atoms with E-state index in [2.05, 4.69) is 0 Å². The fourth-order valence-corrected chi connectivity index (χ4v) is 3.15. The van der Waals surface area contributed by atoms with Gasteiger partial charge in [-0.05, 0) is 24.3 Å². The van der Waals surface area contributed by atoms with Crippen molar-refractivity contribution in [3.8, 4) is 0 Å². The molecule has 0 aliphatic carbocycles. The van der Waals surface area contributed by atoms with Crippen LogP contribution in [0.1, 0.15) is 5.56 Å². The zero-order chi connectivity index (χ0) is 14.7. The number of hydrogen-bond donors (Lipinski definition) is 1. The number of nitro benzene ring substituents is 1. The van der Waals surface area contributed by atoms with Crippen LogP contribution in [0, 0.1) is 10.1 Å². The lowest BCUT2D eigenvalue weighted by molar-refractivity contribution is -0.385. The van der Waals surface area contributed by atoms with Crippen molar-refractivity contribution < 1.29 is 4.92 Å². The van der Waals surface area contributed by atoms with Gasteiger partial charge in [-0.1, -0.05) is 29.3 Å². The van der Waals surface area contributed by atoms with E-state index in [9.17, 15) is 10.1 Å². The highest BCUT2D eigenvalue weighted by Gasteiger charge is 2.17. The number of nitro groups is 1. The number of nitrogen functional groups attached to an aromatic ring is 1. The number of halogens is 2. The summed E-state index contributed by atoms with van der Waals surface area (Å²) in [4.78, 5) is 11.4. The van der Waals surface area contributed by atoms with E-state index in [0.29, 0.717) is 27.0 Å². The predicted octanol–water partition coefficient (Wildman–Crippen LogP) is 4.78. The molecule has 0 radical (unpaired) electrons. The first-order valence-corrected chi connectivity index (χ1v) is 7.33. The molecular weight excluding hydrogens is 319 g/mol. The molecule has 0 bridgehead atoms. The molecule has 2 aromatic carbocycles. The molecule has 0 heterocycles. The second-order valence-corrected chi connectivity index (χ2v) is 5.83. The Labute approximate surface area is 130 Å². The summed E-state index contributed by atoms with van der Waals surface area (Å²) in [6.45, 7) is 0. The Morgan fingerprint density at radius 3 is 2.65 bits per heavy atom. The lowest BCUT2D eigenvalue weighted by atomic mass is 10.2. The van der Waals surface area contributed by atoms with Crippen LogP contribution in [0.5, 0.6) is 0 Å². The molecule has 20 heavy (non-hydrogen) atoms. The Morgan fingerprint density at radius 2 is 2.00 bits per heavy atom. The third-order valence-corrected chi connectivity index (χ3v) is 4.34. The molecule has 0 unspecified atom stereocenters. The van der Waals surface area contributed by atoms with Crippen LogP contribution in [0.25, 0.3) is 0 Å². The molecular formula is C13H10Cl2N2O2S. The van der Waals surface area contributed by atoms with Crippen molar-refractivity contribution in [1.29, 1.82) is 0 Å². The molecule has 7 heteroatoms. The molecule has 2 aromatic rings. The third kappa shape index (κ3) is 3.36. The standard InChI is InChI=1S/C13H10Cl2N2O2S/c14-8-4-5-13(11(16)6-8)20-7-9-10(15)2-1-3-12(9)17(18)19/h1-6H,7,16H2. The largest absolute Gasteiger partial charge is 0.398 e. The number of thioether (sulfide) groups is 1. The maximum Gasteiger partial charge on any atom is 0.274 e. The summed E-state index contributed by atoms with van der Waals surface area (Å²) in [6, 6.07) is 9.78. The molecule has 0 aromatic heterocycles. The Morgan fingerprint density at radius 1 is 1.25 bits per heavy atom. The molecule has 0 amide bonds. The zero-order valence-corrected chi connectivity index (χ0v) is 12.5. The molecule has 0 aliphatic rings. The second-order valence-electron chi connectivity index (χ2n) is 3.97. The van der Waals surface area contributed by atoms with Crippen LogP contribution in [0.3, 0.4) is 0 Å². The normalized spacial score (nSPS) is 10.5. The quantitative estimate of drug-likeness (QED) is 0.379. The van der Waals surface area contributed by atoms with Crippen LogP contribution < -0.4 is 5.73 Å². The number of rotatable bonds is 4. The van der Waals surface area contributed by atoms with E-state index in [1.807, 2.05) is 0 Å². The lowest BCUT2D eigenvalue weighted by Crippen LogP contribution is -1.95. The number of nitrogens with zero attached hydrogens (tertiary/aromatic N) is 1. The lowest BCUT2D eigenvalue weighted by Gasteiger charge is -2.07. The minimum atomic E-state index is -0.438. The molecule has 0 atom stereocenters. The third-order valence-electron chi connectivity index (χ3n) is 2.63. The van der Waals surface area contributed by atoms with Gasteiger partial charge in [-0.3, -0.25) is 10.1 Å². The molecule has 2 rings (SSSR count). The first-order chi connectivity index (χ1) is 9.49. The van der Waals surface area contributed by atoms with Gasteiger partial charge in [-0.25, -0.2) is 0 Å². The average Bonchev–Trinajstić information content (AvgIpc) is 2.38. The Hall–Kier alpha value is -1.43. The highest BCUT2D eigenvalue weighted by molar-refractivity contribution is 7.98. The van der Waals surface area contributed by atoms with Gasteiger partial charge in [0.05, 0.1) is 15.5 Å². The van der Waals surface area contributed by atoms with E-state index in [1.165, 1.54) is 17.8 Å². The number of hydrogen-bond acceptors (Lipinski definition) is 4. The minimum Gasteiger partial charge on any atom is -0.398 e. The van der Waals surface area contributed by atoms with Gasteiger partial charge in [-0.15, -0.1) is 11.8 Å². The highest BCUT2D eigenvalue weighted by atomic mass is 35.5. The molecule has 0 spiro atoms. The van der Waals surface area contributed by atoms with Crippen molar-refractivity contribution in [2.24, 2.45) is 0 Å². The fraction of sp³-hybridized carbons (Fsp3) is 0.0769. The number of benzene rings is 2. The van der Waals surface area contributed by atoms with E-state index in [4.69, 9.17) is 28.9 Å². The van der Waals surface area contributed by atoms with Crippen LogP contribution in [0.2, 0.25) is 10.0 Å². The smallest absolute Gasteiger partial charge is 0.274 e. The maximum absolute atomic E-state index is 11.0. The monoisotopic (exact) mass is 328 g/mol. The Bertz CT molecular complexity index is 665. The SMILES string of the molecule is Nc1cc(Cl)ccc1SCc1c(Cl)cccc1[N+](=O)[O-].